The van der Waals surface area contributed by atoms with E-state index in [1.54, 1.807) is 0 Å². The largest absolute Gasteiger partial charge is 0.390 e. The normalized spacial score (nSPS) is 28.1. The molecule has 0 spiro atoms. The highest BCUT2D eigenvalue weighted by Crippen LogP contribution is 2.27. The molecular formula is C13H26O4. The Morgan fingerprint density at radius 2 is 2.00 bits per heavy atom. The van der Waals surface area contributed by atoms with Gasteiger partial charge in [-0.1, -0.05) is 6.92 Å². The number of hydrogen-bond donors (Lipinski definition) is 1. The predicted molar refractivity (Wildman–Crippen MR) is 65.8 cm³/mol. The Morgan fingerprint density at radius 1 is 1.41 bits per heavy atom. The van der Waals surface area contributed by atoms with Crippen molar-refractivity contribution < 1.29 is 19.3 Å². The third kappa shape index (κ3) is 4.92. The van der Waals surface area contributed by atoms with E-state index in [0.717, 1.165) is 0 Å². The Morgan fingerprint density at radius 3 is 2.41 bits per heavy atom. The van der Waals surface area contributed by atoms with Gasteiger partial charge in [-0.3, -0.25) is 0 Å². The molecule has 1 saturated heterocycles. The lowest BCUT2D eigenvalue weighted by atomic mass is 10.0. The highest BCUT2D eigenvalue weighted by Gasteiger charge is 2.38. The van der Waals surface area contributed by atoms with Crippen LogP contribution in [-0.4, -0.2) is 41.9 Å². The van der Waals surface area contributed by atoms with E-state index in [0.29, 0.717) is 13.2 Å². The molecule has 4 heteroatoms. The van der Waals surface area contributed by atoms with Gasteiger partial charge in [-0.15, -0.1) is 0 Å². The standard InChI is InChI=1S/C13H26O4/c1-9(7-15-12(2,3)4)11(14)10-8-16-13(5,6)17-10/h9-11,14H,7-8H2,1-6H3. The van der Waals surface area contributed by atoms with Crippen molar-refractivity contribution in [3.05, 3.63) is 0 Å². The molecule has 1 aliphatic heterocycles. The molecule has 102 valence electrons. The third-order valence-corrected chi connectivity index (χ3v) is 2.77. The number of aliphatic hydroxyl groups is 1. The summed E-state index contributed by atoms with van der Waals surface area (Å²) in [6, 6.07) is 0. The van der Waals surface area contributed by atoms with E-state index >= 15 is 0 Å². The molecule has 1 fully saturated rings. The third-order valence-electron chi connectivity index (χ3n) is 2.77. The van der Waals surface area contributed by atoms with Crippen molar-refractivity contribution in [3.63, 3.8) is 0 Å². The molecule has 0 radical (unpaired) electrons. The zero-order valence-corrected chi connectivity index (χ0v) is 11.8. The number of aliphatic hydroxyl groups excluding tert-OH is 1. The van der Waals surface area contributed by atoms with E-state index in [4.69, 9.17) is 14.2 Å². The van der Waals surface area contributed by atoms with Gasteiger partial charge in [-0.05, 0) is 34.6 Å². The molecule has 0 aromatic carbocycles. The Kier molecular flexibility index (Phi) is 4.58. The fourth-order valence-corrected chi connectivity index (χ4v) is 1.73. The maximum absolute atomic E-state index is 10.2. The van der Waals surface area contributed by atoms with Gasteiger partial charge < -0.3 is 19.3 Å². The van der Waals surface area contributed by atoms with Crippen molar-refractivity contribution >= 4 is 0 Å². The van der Waals surface area contributed by atoms with Gasteiger partial charge >= 0.3 is 0 Å². The molecule has 17 heavy (non-hydrogen) atoms. The highest BCUT2D eigenvalue weighted by molar-refractivity contribution is 4.81. The van der Waals surface area contributed by atoms with Gasteiger partial charge in [0.05, 0.1) is 24.9 Å². The smallest absolute Gasteiger partial charge is 0.163 e. The predicted octanol–water partition coefficient (Wildman–Crippen LogP) is 1.95. The topological polar surface area (TPSA) is 47.9 Å². The maximum atomic E-state index is 10.2. The Labute approximate surface area is 104 Å². The summed E-state index contributed by atoms with van der Waals surface area (Å²) in [4.78, 5) is 0. The van der Waals surface area contributed by atoms with Crippen molar-refractivity contribution in [2.75, 3.05) is 13.2 Å². The van der Waals surface area contributed by atoms with Crippen LogP contribution in [0.2, 0.25) is 0 Å². The first kappa shape index (κ1) is 14.9. The van der Waals surface area contributed by atoms with Crippen molar-refractivity contribution in [3.8, 4) is 0 Å². The lowest BCUT2D eigenvalue weighted by Gasteiger charge is -2.28. The van der Waals surface area contributed by atoms with E-state index in [1.165, 1.54) is 0 Å². The molecule has 0 saturated carbocycles. The average molecular weight is 246 g/mol. The first-order valence-corrected chi connectivity index (χ1v) is 6.24. The van der Waals surface area contributed by atoms with Crippen LogP contribution in [0.15, 0.2) is 0 Å². The van der Waals surface area contributed by atoms with Crippen molar-refractivity contribution in [2.24, 2.45) is 5.92 Å². The second-order valence-corrected chi connectivity index (χ2v) is 6.26. The minimum Gasteiger partial charge on any atom is -0.390 e. The van der Waals surface area contributed by atoms with Gasteiger partial charge in [0.25, 0.3) is 0 Å². The zero-order chi connectivity index (χ0) is 13.3. The van der Waals surface area contributed by atoms with Crippen LogP contribution in [0, 0.1) is 5.92 Å². The summed E-state index contributed by atoms with van der Waals surface area (Å²) in [6.45, 7) is 12.6. The fraction of sp³-hybridized carbons (Fsp3) is 1.00. The molecule has 0 aromatic rings. The van der Waals surface area contributed by atoms with Gasteiger partial charge in [-0.2, -0.15) is 0 Å². The van der Waals surface area contributed by atoms with E-state index in [9.17, 15) is 5.11 Å². The van der Waals surface area contributed by atoms with Gasteiger partial charge in [0.2, 0.25) is 0 Å². The van der Waals surface area contributed by atoms with Gasteiger partial charge in [0, 0.05) is 5.92 Å². The lowest BCUT2D eigenvalue weighted by molar-refractivity contribution is -0.158. The van der Waals surface area contributed by atoms with Gasteiger partial charge in [-0.25, -0.2) is 0 Å². The van der Waals surface area contributed by atoms with Gasteiger partial charge in [0.15, 0.2) is 5.79 Å². The molecule has 0 bridgehead atoms. The summed E-state index contributed by atoms with van der Waals surface area (Å²) in [6.07, 6.45) is -0.817. The van der Waals surface area contributed by atoms with E-state index in [-0.39, 0.29) is 17.6 Å². The first-order chi connectivity index (χ1) is 7.61. The van der Waals surface area contributed by atoms with Gasteiger partial charge in [0.1, 0.15) is 6.10 Å². The maximum Gasteiger partial charge on any atom is 0.163 e. The molecule has 3 unspecified atom stereocenters. The summed E-state index contributed by atoms with van der Waals surface area (Å²) in [5.41, 5.74) is -0.180. The summed E-state index contributed by atoms with van der Waals surface area (Å²) in [7, 11) is 0. The first-order valence-electron chi connectivity index (χ1n) is 6.24. The van der Waals surface area contributed by atoms with Crippen molar-refractivity contribution in [1.29, 1.82) is 0 Å². The molecule has 0 aliphatic carbocycles. The molecule has 0 aromatic heterocycles. The van der Waals surface area contributed by atoms with E-state index in [1.807, 2.05) is 41.5 Å². The Balaban J connectivity index is 2.40. The minimum absolute atomic E-state index is 0.0247. The number of ether oxygens (including phenoxy) is 3. The zero-order valence-electron chi connectivity index (χ0n) is 11.8. The van der Waals surface area contributed by atoms with Crippen molar-refractivity contribution in [1.82, 2.24) is 0 Å². The van der Waals surface area contributed by atoms with Crippen LogP contribution < -0.4 is 0 Å². The van der Waals surface area contributed by atoms with Crippen LogP contribution in [-0.2, 0) is 14.2 Å². The summed E-state index contributed by atoms with van der Waals surface area (Å²) in [5.74, 6) is -0.562. The molecule has 1 N–H and O–H groups in total. The molecule has 1 aliphatic rings. The van der Waals surface area contributed by atoms with Crippen LogP contribution >= 0.6 is 0 Å². The highest BCUT2D eigenvalue weighted by atomic mass is 16.7. The van der Waals surface area contributed by atoms with E-state index < -0.39 is 11.9 Å². The molecule has 4 nitrogen and oxygen atoms in total. The second-order valence-electron chi connectivity index (χ2n) is 6.26. The van der Waals surface area contributed by atoms with Crippen LogP contribution in [0.1, 0.15) is 41.5 Å². The fourth-order valence-electron chi connectivity index (χ4n) is 1.73. The second kappa shape index (κ2) is 5.22. The monoisotopic (exact) mass is 246 g/mol. The van der Waals surface area contributed by atoms with Crippen LogP contribution in [0.3, 0.4) is 0 Å². The molecule has 1 rings (SSSR count). The minimum atomic E-state index is -0.587. The molecule has 3 atom stereocenters. The number of rotatable bonds is 4. The lowest BCUT2D eigenvalue weighted by Crippen LogP contribution is -2.38. The Hall–Kier alpha value is -0.160. The summed E-state index contributed by atoms with van der Waals surface area (Å²) < 4.78 is 16.7. The summed E-state index contributed by atoms with van der Waals surface area (Å²) >= 11 is 0. The molecular weight excluding hydrogens is 220 g/mol. The van der Waals surface area contributed by atoms with Crippen LogP contribution in [0.4, 0.5) is 0 Å². The molecule has 0 amide bonds. The van der Waals surface area contributed by atoms with Crippen LogP contribution in [0.5, 0.6) is 0 Å². The quantitative estimate of drug-likeness (QED) is 0.823. The average Bonchev–Trinajstić information content (AvgIpc) is 2.53. The Bertz CT molecular complexity index is 244. The SMILES string of the molecule is CC(COC(C)(C)C)C(O)C1COC(C)(C)O1. The van der Waals surface area contributed by atoms with Crippen LogP contribution in [0.25, 0.3) is 0 Å². The number of hydrogen-bond acceptors (Lipinski definition) is 4. The van der Waals surface area contributed by atoms with Crippen molar-refractivity contribution in [2.45, 2.75) is 65.1 Å². The molecule has 1 heterocycles. The van der Waals surface area contributed by atoms with E-state index in [2.05, 4.69) is 0 Å². The summed E-state index contributed by atoms with van der Waals surface area (Å²) in [5, 5.41) is 10.2.